The van der Waals surface area contributed by atoms with E-state index in [1.165, 1.54) is 30.5 Å². The molecule has 0 bridgehead atoms. The number of hydrogen-bond donors (Lipinski definition) is 2. The minimum absolute atomic E-state index is 0.246. The van der Waals surface area contributed by atoms with E-state index in [2.05, 4.69) is 29.4 Å². The number of aromatic nitrogens is 2. The van der Waals surface area contributed by atoms with E-state index in [-0.39, 0.29) is 17.5 Å². The maximum atomic E-state index is 12.3. The van der Waals surface area contributed by atoms with E-state index < -0.39 is 18.5 Å². The molecular formula is C25H27F3N6O3S. The van der Waals surface area contributed by atoms with Gasteiger partial charge in [0.15, 0.2) is 5.82 Å². The summed E-state index contributed by atoms with van der Waals surface area (Å²) in [5.41, 5.74) is 2.36. The van der Waals surface area contributed by atoms with Crippen LogP contribution in [0.25, 0.3) is 0 Å². The molecule has 1 heterocycles. The average molecular weight is 549 g/mol. The number of carbonyl (C=O) groups excluding carboxylic acids is 1. The molecule has 2 N–H and O–H groups in total. The number of amides is 2. The van der Waals surface area contributed by atoms with Crippen LogP contribution in [0.5, 0.6) is 11.6 Å². The van der Waals surface area contributed by atoms with Crippen LogP contribution in [0.3, 0.4) is 0 Å². The van der Waals surface area contributed by atoms with Gasteiger partial charge in [-0.15, -0.1) is 23.4 Å². The Kier molecular flexibility index (Phi) is 9.77. The number of nitrogens with zero attached hydrogens (tertiary/aromatic N) is 4. The van der Waals surface area contributed by atoms with Crippen LogP contribution in [-0.4, -0.2) is 42.0 Å². The van der Waals surface area contributed by atoms with Crippen molar-refractivity contribution in [3.8, 4) is 11.6 Å². The van der Waals surface area contributed by atoms with Crippen LogP contribution in [0.1, 0.15) is 32.3 Å². The predicted molar refractivity (Wildman–Crippen MR) is 142 cm³/mol. The van der Waals surface area contributed by atoms with Crippen molar-refractivity contribution in [2.45, 2.75) is 39.2 Å². The number of carbonyl (C=O) groups is 1. The molecule has 0 fully saturated rings. The standard InChI is InChI=1S/C25H27F3N6O3S/c1-16(2)20-7-5-6-8-21(20)30-24(35)33-38-29-15-17(3)36-23-14-13-22(31-32-23)34(4)18-9-11-19(12-10-18)37-25(26,27)28/h5-17H,1-4H3,(H2,30,33,35). The molecule has 38 heavy (non-hydrogen) atoms. The van der Waals surface area contributed by atoms with E-state index >= 15 is 0 Å². The Morgan fingerprint density at radius 2 is 1.76 bits per heavy atom. The quantitative estimate of drug-likeness (QED) is 0.221. The zero-order valence-corrected chi connectivity index (χ0v) is 21.9. The lowest BCUT2D eigenvalue weighted by molar-refractivity contribution is -0.274. The van der Waals surface area contributed by atoms with Gasteiger partial charge in [0.1, 0.15) is 11.9 Å². The largest absolute Gasteiger partial charge is 0.573 e. The number of rotatable bonds is 10. The number of halogens is 3. The van der Waals surface area contributed by atoms with Gasteiger partial charge >= 0.3 is 12.4 Å². The Morgan fingerprint density at radius 3 is 2.39 bits per heavy atom. The molecular weight excluding hydrogens is 521 g/mol. The summed E-state index contributed by atoms with van der Waals surface area (Å²) in [6.07, 6.45) is -3.71. The third-order valence-electron chi connectivity index (χ3n) is 5.03. The first-order valence-corrected chi connectivity index (χ1v) is 12.2. The van der Waals surface area contributed by atoms with E-state index in [1.807, 2.05) is 38.1 Å². The lowest BCUT2D eigenvalue weighted by Crippen LogP contribution is -2.23. The molecule has 0 spiro atoms. The topological polar surface area (TPSA) is 101 Å². The number of anilines is 3. The Balaban J connectivity index is 1.46. The average Bonchev–Trinajstić information content (AvgIpc) is 2.86. The molecule has 9 nitrogen and oxygen atoms in total. The molecule has 0 saturated carbocycles. The van der Waals surface area contributed by atoms with E-state index in [0.717, 1.165) is 23.4 Å². The van der Waals surface area contributed by atoms with Gasteiger partial charge in [0, 0.05) is 24.5 Å². The summed E-state index contributed by atoms with van der Waals surface area (Å²) in [5, 5.41) is 10.9. The number of hydrogen-bond acceptors (Lipinski definition) is 8. The number of benzene rings is 2. The molecule has 2 amide bonds. The van der Waals surface area contributed by atoms with Crippen molar-refractivity contribution in [3.63, 3.8) is 0 Å². The fraction of sp³-hybridized carbons (Fsp3) is 0.280. The first kappa shape index (κ1) is 28.6. The molecule has 0 aliphatic heterocycles. The highest BCUT2D eigenvalue weighted by Crippen LogP contribution is 2.28. The summed E-state index contributed by atoms with van der Waals surface area (Å²) in [7, 11) is 1.70. The van der Waals surface area contributed by atoms with Crippen molar-refractivity contribution in [2.24, 2.45) is 4.40 Å². The van der Waals surface area contributed by atoms with Crippen molar-refractivity contribution in [2.75, 3.05) is 17.3 Å². The Morgan fingerprint density at radius 1 is 1.05 bits per heavy atom. The van der Waals surface area contributed by atoms with Gasteiger partial charge in [-0.25, -0.2) is 9.19 Å². The van der Waals surface area contributed by atoms with E-state index in [9.17, 15) is 18.0 Å². The normalized spacial score (nSPS) is 12.3. The Bertz CT molecular complexity index is 1220. The van der Waals surface area contributed by atoms with Gasteiger partial charge < -0.3 is 19.7 Å². The van der Waals surface area contributed by atoms with Gasteiger partial charge in [-0.3, -0.25) is 4.72 Å². The van der Waals surface area contributed by atoms with Crippen molar-refractivity contribution in [1.29, 1.82) is 0 Å². The molecule has 0 aliphatic rings. The van der Waals surface area contributed by atoms with Crippen molar-refractivity contribution in [1.82, 2.24) is 14.9 Å². The summed E-state index contributed by atoms with van der Waals surface area (Å²) in [6, 6.07) is 15.8. The molecule has 1 unspecified atom stereocenters. The molecule has 1 aromatic heterocycles. The molecule has 0 aliphatic carbocycles. The maximum Gasteiger partial charge on any atom is 0.573 e. The van der Waals surface area contributed by atoms with Gasteiger partial charge in [-0.05, 0) is 54.8 Å². The highest BCUT2D eigenvalue weighted by atomic mass is 32.2. The van der Waals surface area contributed by atoms with Crippen LogP contribution in [0.15, 0.2) is 65.1 Å². The number of urea groups is 1. The molecule has 13 heteroatoms. The fourth-order valence-electron chi connectivity index (χ4n) is 3.23. The van der Waals surface area contributed by atoms with Gasteiger partial charge in [0.25, 0.3) is 0 Å². The maximum absolute atomic E-state index is 12.3. The number of alkyl halides is 3. The molecule has 202 valence electrons. The molecule has 3 aromatic rings. The number of nitrogens with one attached hydrogen (secondary N) is 2. The first-order chi connectivity index (χ1) is 18.0. The van der Waals surface area contributed by atoms with Crippen molar-refractivity contribution in [3.05, 3.63) is 66.2 Å². The van der Waals surface area contributed by atoms with Crippen LogP contribution in [0, 0.1) is 0 Å². The lowest BCUT2D eigenvalue weighted by Gasteiger charge is -2.18. The van der Waals surface area contributed by atoms with E-state index in [4.69, 9.17) is 4.74 Å². The number of para-hydroxylation sites is 1. The zero-order chi connectivity index (χ0) is 27.7. The van der Waals surface area contributed by atoms with Crippen LogP contribution in [-0.2, 0) is 0 Å². The van der Waals surface area contributed by atoms with Crippen molar-refractivity contribution < 1.29 is 27.4 Å². The van der Waals surface area contributed by atoms with Crippen LogP contribution >= 0.6 is 12.1 Å². The molecule has 2 aromatic carbocycles. The van der Waals surface area contributed by atoms with Gasteiger partial charge in [0.2, 0.25) is 5.88 Å². The third kappa shape index (κ3) is 8.83. The fourth-order valence-corrected chi connectivity index (χ4v) is 3.64. The summed E-state index contributed by atoms with van der Waals surface area (Å²) in [4.78, 5) is 13.8. The molecule has 1 atom stereocenters. The lowest BCUT2D eigenvalue weighted by atomic mass is 10.0. The SMILES string of the molecule is CC(C=NSNC(=O)Nc1ccccc1C(C)C)Oc1ccc(N(C)c2ccc(OC(F)(F)F)cc2)nn1. The smallest absolute Gasteiger partial charge is 0.468 e. The van der Waals surface area contributed by atoms with Crippen LogP contribution < -0.4 is 24.4 Å². The summed E-state index contributed by atoms with van der Waals surface area (Å²) >= 11 is 0.855. The zero-order valence-electron chi connectivity index (χ0n) is 21.1. The second kappa shape index (κ2) is 13.0. The number of ether oxygens (including phenoxy) is 2. The first-order valence-electron chi connectivity index (χ1n) is 11.5. The minimum atomic E-state index is -4.75. The Hall–Kier alpha value is -4.00. The van der Waals surface area contributed by atoms with Gasteiger partial charge in [0.05, 0.1) is 18.3 Å². The monoisotopic (exact) mass is 548 g/mol. The molecule has 0 saturated heterocycles. The third-order valence-corrected chi connectivity index (χ3v) is 5.53. The van der Waals surface area contributed by atoms with E-state index in [0.29, 0.717) is 11.5 Å². The van der Waals surface area contributed by atoms with Gasteiger partial charge in [-0.1, -0.05) is 32.0 Å². The van der Waals surface area contributed by atoms with Gasteiger partial charge in [-0.2, -0.15) is 0 Å². The highest BCUT2D eigenvalue weighted by Gasteiger charge is 2.31. The van der Waals surface area contributed by atoms with Crippen molar-refractivity contribution >= 4 is 41.6 Å². The summed E-state index contributed by atoms with van der Waals surface area (Å²) in [5.74, 6) is 0.649. The predicted octanol–water partition coefficient (Wildman–Crippen LogP) is 6.49. The highest BCUT2D eigenvalue weighted by molar-refractivity contribution is 7.96. The summed E-state index contributed by atoms with van der Waals surface area (Å²) < 4.78 is 53.2. The second-order valence-electron chi connectivity index (χ2n) is 8.30. The van der Waals surface area contributed by atoms with Crippen LogP contribution in [0.4, 0.5) is 35.2 Å². The minimum Gasteiger partial charge on any atom is -0.468 e. The van der Waals surface area contributed by atoms with Crippen LogP contribution in [0.2, 0.25) is 0 Å². The summed E-state index contributed by atoms with van der Waals surface area (Å²) in [6.45, 7) is 5.84. The Labute approximate surface area is 222 Å². The van der Waals surface area contributed by atoms with E-state index in [1.54, 1.807) is 31.0 Å². The molecule has 0 radical (unpaired) electrons. The molecule has 3 rings (SSSR count). The second-order valence-corrected chi connectivity index (χ2v) is 8.89.